The third-order valence-electron chi connectivity index (χ3n) is 2.84. The number of aliphatic imine (C=N–C) groups is 1. The SMILES string of the molecule is CN=C(NCCNC(=O)C(C)C)NCc1ccc(F)cc1. The number of guanidine groups is 1. The number of rotatable bonds is 6. The predicted octanol–water partition coefficient (Wildman–Crippen LogP) is 1.26. The molecule has 0 aromatic heterocycles. The van der Waals surface area contributed by atoms with Gasteiger partial charge in [0.15, 0.2) is 5.96 Å². The Bertz CT molecular complexity index is 471. The van der Waals surface area contributed by atoms with Crippen LogP contribution in [-0.4, -0.2) is 32.0 Å². The van der Waals surface area contributed by atoms with Crippen molar-refractivity contribution in [3.63, 3.8) is 0 Å². The summed E-state index contributed by atoms with van der Waals surface area (Å²) in [7, 11) is 1.67. The maximum absolute atomic E-state index is 12.8. The predicted molar refractivity (Wildman–Crippen MR) is 82.4 cm³/mol. The van der Waals surface area contributed by atoms with Gasteiger partial charge in [0.05, 0.1) is 0 Å². The lowest BCUT2D eigenvalue weighted by molar-refractivity contribution is -0.123. The fraction of sp³-hybridized carbons (Fsp3) is 0.467. The molecule has 0 atom stereocenters. The topological polar surface area (TPSA) is 65.5 Å². The van der Waals surface area contributed by atoms with Crippen LogP contribution in [0.1, 0.15) is 19.4 Å². The van der Waals surface area contributed by atoms with Crippen molar-refractivity contribution in [3.8, 4) is 0 Å². The minimum absolute atomic E-state index is 0.0130. The van der Waals surface area contributed by atoms with Gasteiger partial charge in [0.25, 0.3) is 0 Å². The second-order valence-corrected chi connectivity index (χ2v) is 4.92. The molecule has 0 saturated heterocycles. The number of carbonyl (C=O) groups excluding carboxylic acids is 1. The van der Waals surface area contributed by atoms with Crippen molar-refractivity contribution in [2.24, 2.45) is 10.9 Å². The summed E-state index contributed by atoms with van der Waals surface area (Å²) in [6.45, 7) is 5.38. The van der Waals surface area contributed by atoms with Crippen LogP contribution in [-0.2, 0) is 11.3 Å². The minimum Gasteiger partial charge on any atom is -0.355 e. The Morgan fingerprint density at radius 2 is 1.76 bits per heavy atom. The highest BCUT2D eigenvalue weighted by atomic mass is 19.1. The first-order valence-corrected chi connectivity index (χ1v) is 6.99. The molecule has 0 fully saturated rings. The van der Waals surface area contributed by atoms with Gasteiger partial charge < -0.3 is 16.0 Å². The summed E-state index contributed by atoms with van der Waals surface area (Å²) in [5.41, 5.74) is 0.965. The molecule has 1 aromatic rings. The number of carbonyl (C=O) groups is 1. The van der Waals surface area contributed by atoms with E-state index in [0.717, 1.165) is 5.56 Å². The molecule has 0 aliphatic carbocycles. The lowest BCUT2D eigenvalue weighted by atomic mass is 10.2. The molecule has 116 valence electrons. The second kappa shape index (κ2) is 8.94. The van der Waals surface area contributed by atoms with Gasteiger partial charge >= 0.3 is 0 Å². The first-order valence-electron chi connectivity index (χ1n) is 6.99. The molecule has 1 amide bonds. The highest BCUT2D eigenvalue weighted by molar-refractivity contribution is 5.80. The molecule has 1 rings (SSSR count). The van der Waals surface area contributed by atoms with Crippen molar-refractivity contribution in [1.29, 1.82) is 0 Å². The number of amides is 1. The van der Waals surface area contributed by atoms with E-state index in [1.807, 2.05) is 13.8 Å². The van der Waals surface area contributed by atoms with E-state index in [4.69, 9.17) is 0 Å². The fourth-order valence-electron chi connectivity index (χ4n) is 1.58. The van der Waals surface area contributed by atoms with Gasteiger partial charge in [0.2, 0.25) is 5.91 Å². The molecular weight excluding hydrogens is 271 g/mol. The van der Waals surface area contributed by atoms with E-state index in [1.54, 1.807) is 19.2 Å². The van der Waals surface area contributed by atoms with Gasteiger partial charge in [-0.15, -0.1) is 0 Å². The van der Waals surface area contributed by atoms with E-state index in [1.165, 1.54) is 12.1 Å². The number of nitrogens with one attached hydrogen (secondary N) is 3. The number of hydrogen-bond acceptors (Lipinski definition) is 2. The molecule has 1 aromatic carbocycles. The Morgan fingerprint density at radius 1 is 1.14 bits per heavy atom. The molecule has 0 unspecified atom stereocenters. The Kier molecular flexibility index (Phi) is 7.21. The third-order valence-corrected chi connectivity index (χ3v) is 2.84. The lowest BCUT2D eigenvalue weighted by Crippen LogP contribution is -2.41. The lowest BCUT2D eigenvalue weighted by Gasteiger charge is -2.13. The van der Waals surface area contributed by atoms with Gasteiger partial charge in [-0.05, 0) is 17.7 Å². The molecule has 0 aliphatic heterocycles. The van der Waals surface area contributed by atoms with Crippen molar-refractivity contribution < 1.29 is 9.18 Å². The molecule has 5 nitrogen and oxygen atoms in total. The van der Waals surface area contributed by atoms with Crippen LogP contribution in [0, 0.1) is 11.7 Å². The van der Waals surface area contributed by atoms with E-state index in [0.29, 0.717) is 25.6 Å². The van der Waals surface area contributed by atoms with Gasteiger partial charge in [-0.25, -0.2) is 4.39 Å². The standard InChI is InChI=1S/C15H23FN4O/c1-11(2)14(21)18-8-9-19-15(17-3)20-10-12-4-6-13(16)7-5-12/h4-7,11H,8-10H2,1-3H3,(H,18,21)(H2,17,19,20). The van der Waals surface area contributed by atoms with Crippen molar-refractivity contribution >= 4 is 11.9 Å². The summed E-state index contributed by atoms with van der Waals surface area (Å²) in [5, 5.41) is 9.03. The van der Waals surface area contributed by atoms with Gasteiger partial charge in [-0.1, -0.05) is 26.0 Å². The van der Waals surface area contributed by atoms with Crippen LogP contribution in [0.4, 0.5) is 4.39 Å². The molecular formula is C15H23FN4O. The minimum atomic E-state index is -0.248. The number of nitrogens with zero attached hydrogens (tertiary/aromatic N) is 1. The molecule has 0 spiro atoms. The normalized spacial score (nSPS) is 11.4. The van der Waals surface area contributed by atoms with Gasteiger partial charge in [-0.3, -0.25) is 9.79 Å². The van der Waals surface area contributed by atoms with E-state index in [2.05, 4.69) is 20.9 Å². The highest BCUT2D eigenvalue weighted by Gasteiger charge is 2.05. The molecule has 0 saturated carbocycles. The Morgan fingerprint density at radius 3 is 2.33 bits per heavy atom. The van der Waals surface area contributed by atoms with Crippen molar-refractivity contribution in [1.82, 2.24) is 16.0 Å². The summed E-state index contributed by atoms with van der Waals surface area (Å²) in [6.07, 6.45) is 0. The zero-order valence-corrected chi connectivity index (χ0v) is 12.7. The van der Waals surface area contributed by atoms with Crippen LogP contribution >= 0.6 is 0 Å². The third kappa shape index (κ3) is 6.74. The number of benzene rings is 1. The Balaban J connectivity index is 2.26. The molecule has 21 heavy (non-hydrogen) atoms. The van der Waals surface area contributed by atoms with Gasteiger partial charge in [0, 0.05) is 32.6 Å². The molecule has 3 N–H and O–H groups in total. The van der Waals surface area contributed by atoms with Gasteiger partial charge in [-0.2, -0.15) is 0 Å². The van der Waals surface area contributed by atoms with Crippen LogP contribution in [0.2, 0.25) is 0 Å². The monoisotopic (exact) mass is 294 g/mol. The van der Waals surface area contributed by atoms with E-state index in [-0.39, 0.29) is 17.6 Å². The number of halogens is 1. The van der Waals surface area contributed by atoms with Crippen LogP contribution in [0.15, 0.2) is 29.3 Å². The zero-order chi connectivity index (χ0) is 15.7. The van der Waals surface area contributed by atoms with Crippen molar-refractivity contribution in [3.05, 3.63) is 35.6 Å². The van der Waals surface area contributed by atoms with Crippen molar-refractivity contribution in [2.45, 2.75) is 20.4 Å². The van der Waals surface area contributed by atoms with Gasteiger partial charge in [0.1, 0.15) is 5.82 Å². The van der Waals surface area contributed by atoms with Crippen LogP contribution < -0.4 is 16.0 Å². The smallest absolute Gasteiger partial charge is 0.222 e. The summed E-state index contributed by atoms with van der Waals surface area (Å²) in [6, 6.07) is 6.29. The van der Waals surface area contributed by atoms with Crippen LogP contribution in [0.5, 0.6) is 0 Å². The molecule has 0 radical (unpaired) electrons. The zero-order valence-electron chi connectivity index (χ0n) is 12.7. The van der Waals surface area contributed by atoms with E-state index < -0.39 is 0 Å². The molecule has 0 heterocycles. The highest BCUT2D eigenvalue weighted by Crippen LogP contribution is 2.01. The van der Waals surface area contributed by atoms with Crippen LogP contribution in [0.25, 0.3) is 0 Å². The molecule has 6 heteroatoms. The Labute approximate surface area is 125 Å². The maximum atomic E-state index is 12.8. The summed E-state index contributed by atoms with van der Waals surface area (Å²) < 4.78 is 12.8. The molecule has 0 aliphatic rings. The van der Waals surface area contributed by atoms with Crippen molar-refractivity contribution in [2.75, 3.05) is 20.1 Å². The largest absolute Gasteiger partial charge is 0.355 e. The summed E-state index contributed by atoms with van der Waals surface area (Å²) in [5.74, 6) is 0.409. The van der Waals surface area contributed by atoms with E-state index in [9.17, 15) is 9.18 Å². The summed E-state index contributed by atoms with van der Waals surface area (Å²) in [4.78, 5) is 15.5. The average Bonchev–Trinajstić information content (AvgIpc) is 2.47. The maximum Gasteiger partial charge on any atom is 0.222 e. The Hall–Kier alpha value is -2.11. The second-order valence-electron chi connectivity index (χ2n) is 4.92. The fourth-order valence-corrected chi connectivity index (χ4v) is 1.58. The quantitative estimate of drug-likeness (QED) is 0.420. The number of hydrogen-bond donors (Lipinski definition) is 3. The molecule has 0 bridgehead atoms. The van der Waals surface area contributed by atoms with E-state index >= 15 is 0 Å². The summed E-state index contributed by atoms with van der Waals surface area (Å²) >= 11 is 0. The average molecular weight is 294 g/mol. The first-order chi connectivity index (χ1) is 10.0. The van der Waals surface area contributed by atoms with Crippen LogP contribution in [0.3, 0.4) is 0 Å². The first kappa shape index (κ1) is 16.9.